The minimum Gasteiger partial charge on any atom is -0.316 e. The minimum absolute atomic E-state index is 0.518. The Morgan fingerprint density at radius 3 is 2.44 bits per heavy atom. The molecule has 0 unspecified atom stereocenters. The molecule has 0 amide bonds. The maximum Gasteiger partial charge on any atom is 0.0406 e. The van der Waals surface area contributed by atoms with Gasteiger partial charge in [-0.2, -0.15) is 0 Å². The van der Waals surface area contributed by atoms with Crippen LogP contribution >= 0.6 is 11.6 Å². The van der Waals surface area contributed by atoms with Crippen LogP contribution in [0.15, 0.2) is 24.3 Å². The average molecular weight is 238 g/mol. The highest BCUT2D eigenvalue weighted by atomic mass is 35.5. The van der Waals surface area contributed by atoms with Gasteiger partial charge in [-0.25, -0.2) is 0 Å². The van der Waals surface area contributed by atoms with Gasteiger partial charge >= 0.3 is 0 Å². The fraction of sp³-hybridized carbons (Fsp3) is 0.571. The SMILES string of the molecule is CCNCC1(Cc2ccc(Cl)cc2)CCC1. The summed E-state index contributed by atoms with van der Waals surface area (Å²) in [6, 6.07) is 8.32. The average Bonchev–Trinajstić information content (AvgIpc) is 2.25. The molecule has 1 nitrogen and oxygen atoms in total. The first-order valence-corrected chi connectivity index (χ1v) is 6.57. The van der Waals surface area contributed by atoms with Crippen molar-refractivity contribution in [3.05, 3.63) is 34.9 Å². The third-order valence-electron chi connectivity index (χ3n) is 3.66. The van der Waals surface area contributed by atoms with E-state index >= 15 is 0 Å². The Hall–Kier alpha value is -0.530. The van der Waals surface area contributed by atoms with Crippen molar-refractivity contribution < 1.29 is 0 Å². The van der Waals surface area contributed by atoms with Crippen LogP contribution in [0.25, 0.3) is 0 Å². The lowest BCUT2D eigenvalue weighted by Crippen LogP contribution is -2.41. The van der Waals surface area contributed by atoms with Crippen LogP contribution in [0.3, 0.4) is 0 Å². The smallest absolute Gasteiger partial charge is 0.0406 e. The number of rotatable bonds is 5. The fourth-order valence-electron chi connectivity index (χ4n) is 2.52. The molecule has 0 aliphatic heterocycles. The van der Waals surface area contributed by atoms with Crippen LogP contribution in [-0.2, 0) is 6.42 Å². The van der Waals surface area contributed by atoms with Gasteiger partial charge in [-0.3, -0.25) is 0 Å². The molecule has 88 valence electrons. The van der Waals surface area contributed by atoms with Gasteiger partial charge in [0, 0.05) is 11.6 Å². The predicted octanol–water partition coefficient (Wildman–Crippen LogP) is 3.66. The van der Waals surface area contributed by atoms with E-state index in [9.17, 15) is 0 Å². The van der Waals surface area contributed by atoms with E-state index in [-0.39, 0.29) is 0 Å². The molecule has 1 aliphatic carbocycles. The van der Waals surface area contributed by atoms with Gasteiger partial charge in [0.2, 0.25) is 0 Å². The highest BCUT2D eigenvalue weighted by Crippen LogP contribution is 2.43. The van der Waals surface area contributed by atoms with Crippen molar-refractivity contribution in [3.63, 3.8) is 0 Å². The molecule has 16 heavy (non-hydrogen) atoms. The summed E-state index contributed by atoms with van der Waals surface area (Å²) in [6.45, 7) is 4.41. The van der Waals surface area contributed by atoms with E-state index in [2.05, 4.69) is 24.4 Å². The van der Waals surface area contributed by atoms with Crippen molar-refractivity contribution in [2.45, 2.75) is 32.6 Å². The van der Waals surface area contributed by atoms with Crippen molar-refractivity contribution >= 4 is 11.6 Å². The van der Waals surface area contributed by atoms with Gasteiger partial charge in [-0.05, 0) is 48.9 Å². The summed E-state index contributed by atoms with van der Waals surface area (Å²) in [4.78, 5) is 0. The lowest BCUT2D eigenvalue weighted by atomic mass is 9.65. The first-order valence-electron chi connectivity index (χ1n) is 6.19. The summed E-state index contributed by atoms with van der Waals surface area (Å²) in [5.74, 6) is 0. The van der Waals surface area contributed by atoms with Gasteiger partial charge in [0.25, 0.3) is 0 Å². The molecule has 2 rings (SSSR count). The molecule has 0 spiro atoms. The van der Waals surface area contributed by atoms with Crippen LogP contribution in [0.1, 0.15) is 31.7 Å². The second kappa shape index (κ2) is 5.20. The van der Waals surface area contributed by atoms with Crippen molar-refractivity contribution in [1.29, 1.82) is 0 Å². The summed E-state index contributed by atoms with van der Waals surface area (Å²) in [5, 5.41) is 4.33. The summed E-state index contributed by atoms with van der Waals surface area (Å²) >= 11 is 5.90. The number of nitrogens with one attached hydrogen (secondary N) is 1. The zero-order valence-electron chi connectivity index (χ0n) is 9.93. The standard InChI is InChI=1S/C14H20ClN/c1-2-16-11-14(8-3-9-14)10-12-4-6-13(15)7-5-12/h4-7,16H,2-3,8-11H2,1H3. The molecule has 1 aromatic carbocycles. The fourth-order valence-corrected chi connectivity index (χ4v) is 2.64. The van der Waals surface area contributed by atoms with Crippen LogP contribution in [-0.4, -0.2) is 13.1 Å². The zero-order valence-corrected chi connectivity index (χ0v) is 10.7. The molecule has 1 saturated carbocycles. The Bertz CT molecular complexity index is 327. The molecular formula is C14H20ClN. The maximum atomic E-state index is 5.90. The molecule has 1 N–H and O–H groups in total. The van der Waals surface area contributed by atoms with Gasteiger partial charge in [-0.15, -0.1) is 0 Å². The summed E-state index contributed by atoms with van der Waals surface area (Å²) < 4.78 is 0. The molecular weight excluding hydrogens is 218 g/mol. The van der Waals surface area contributed by atoms with Gasteiger partial charge in [0.15, 0.2) is 0 Å². The number of hydrogen-bond donors (Lipinski definition) is 1. The van der Waals surface area contributed by atoms with E-state index in [1.54, 1.807) is 0 Å². The van der Waals surface area contributed by atoms with E-state index in [0.717, 1.165) is 18.1 Å². The predicted molar refractivity (Wildman–Crippen MR) is 70.0 cm³/mol. The molecule has 1 aliphatic rings. The summed E-state index contributed by atoms with van der Waals surface area (Å²) in [5.41, 5.74) is 1.94. The van der Waals surface area contributed by atoms with Crippen LogP contribution in [0, 0.1) is 5.41 Å². The Morgan fingerprint density at radius 1 is 1.25 bits per heavy atom. The number of halogens is 1. The third-order valence-corrected chi connectivity index (χ3v) is 3.91. The lowest BCUT2D eigenvalue weighted by Gasteiger charge is -2.42. The monoisotopic (exact) mass is 237 g/mol. The van der Waals surface area contributed by atoms with Gasteiger partial charge in [0.05, 0.1) is 0 Å². The van der Waals surface area contributed by atoms with E-state index in [1.165, 1.54) is 31.2 Å². The maximum absolute atomic E-state index is 5.90. The quantitative estimate of drug-likeness (QED) is 0.824. The van der Waals surface area contributed by atoms with E-state index in [4.69, 9.17) is 11.6 Å². The summed E-state index contributed by atoms with van der Waals surface area (Å²) in [7, 11) is 0. The Morgan fingerprint density at radius 2 is 1.94 bits per heavy atom. The van der Waals surface area contributed by atoms with Crippen molar-refractivity contribution in [2.75, 3.05) is 13.1 Å². The Labute approximate surface area is 103 Å². The second-order valence-electron chi connectivity index (χ2n) is 4.94. The molecule has 2 heteroatoms. The first-order chi connectivity index (χ1) is 7.74. The van der Waals surface area contributed by atoms with Gasteiger partial charge in [0.1, 0.15) is 0 Å². The molecule has 0 saturated heterocycles. The Balaban J connectivity index is 1.98. The first kappa shape index (κ1) is 11.9. The molecule has 0 heterocycles. The van der Waals surface area contributed by atoms with E-state index < -0.39 is 0 Å². The number of hydrogen-bond acceptors (Lipinski definition) is 1. The molecule has 1 aromatic rings. The van der Waals surface area contributed by atoms with Gasteiger partial charge < -0.3 is 5.32 Å². The topological polar surface area (TPSA) is 12.0 Å². The third kappa shape index (κ3) is 2.78. The van der Waals surface area contributed by atoms with E-state index in [1.807, 2.05) is 12.1 Å². The van der Waals surface area contributed by atoms with E-state index in [0.29, 0.717) is 5.41 Å². The normalized spacial score (nSPS) is 18.1. The second-order valence-corrected chi connectivity index (χ2v) is 5.37. The summed E-state index contributed by atoms with van der Waals surface area (Å²) in [6.07, 6.45) is 5.31. The van der Waals surface area contributed by atoms with Crippen molar-refractivity contribution in [3.8, 4) is 0 Å². The zero-order chi connectivity index (χ0) is 11.4. The highest BCUT2D eigenvalue weighted by Gasteiger charge is 2.36. The van der Waals surface area contributed by atoms with Crippen molar-refractivity contribution in [2.24, 2.45) is 5.41 Å². The molecule has 0 radical (unpaired) electrons. The molecule has 1 fully saturated rings. The highest BCUT2D eigenvalue weighted by molar-refractivity contribution is 6.30. The molecule has 0 aromatic heterocycles. The minimum atomic E-state index is 0.518. The van der Waals surface area contributed by atoms with Crippen molar-refractivity contribution in [1.82, 2.24) is 5.32 Å². The Kier molecular flexibility index (Phi) is 3.88. The van der Waals surface area contributed by atoms with Crippen LogP contribution in [0.4, 0.5) is 0 Å². The van der Waals surface area contributed by atoms with Crippen LogP contribution in [0.2, 0.25) is 5.02 Å². The molecule has 0 atom stereocenters. The lowest BCUT2D eigenvalue weighted by molar-refractivity contribution is 0.131. The van der Waals surface area contributed by atoms with Crippen LogP contribution in [0.5, 0.6) is 0 Å². The molecule has 0 bridgehead atoms. The van der Waals surface area contributed by atoms with Crippen LogP contribution < -0.4 is 5.32 Å². The largest absolute Gasteiger partial charge is 0.316 e. The van der Waals surface area contributed by atoms with Gasteiger partial charge in [-0.1, -0.05) is 37.1 Å². The number of benzene rings is 1.